The molecule has 3 rings (SSSR count). The Kier molecular flexibility index (Phi) is 3.98. The summed E-state index contributed by atoms with van der Waals surface area (Å²) < 4.78 is 1.43. The summed E-state index contributed by atoms with van der Waals surface area (Å²) >= 11 is 1.55. The fourth-order valence-corrected chi connectivity index (χ4v) is 3.75. The predicted octanol–water partition coefficient (Wildman–Crippen LogP) is 2.43. The van der Waals surface area contributed by atoms with E-state index in [2.05, 4.69) is 15.6 Å². The lowest BCUT2D eigenvalue weighted by atomic mass is 9.99. The van der Waals surface area contributed by atoms with Crippen LogP contribution in [0.1, 0.15) is 30.7 Å². The van der Waals surface area contributed by atoms with Gasteiger partial charge in [-0.25, -0.2) is 9.78 Å². The van der Waals surface area contributed by atoms with Crippen LogP contribution in [0.2, 0.25) is 0 Å². The van der Waals surface area contributed by atoms with Gasteiger partial charge in [-0.1, -0.05) is 12.8 Å². The van der Waals surface area contributed by atoms with Crippen molar-refractivity contribution in [3.05, 3.63) is 45.3 Å². The first-order valence-corrected chi connectivity index (χ1v) is 8.13. The molecular weight excluding hydrogens is 300 g/mol. The fraction of sp³-hybridized carbons (Fsp3) is 0.400. The first-order chi connectivity index (χ1) is 10.6. The number of pyridine rings is 1. The predicted molar refractivity (Wildman–Crippen MR) is 86.1 cm³/mol. The van der Waals surface area contributed by atoms with Crippen molar-refractivity contribution in [2.75, 3.05) is 5.32 Å². The van der Waals surface area contributed by atoms with Crippen LogP contribution in [0, 0.1) is 0 Å². The maximum absolute atomic E-state index is 12.3. The molecule has 2 N–H and O–H groups in total. The molecule has 1 saturated carbocycles. The van der Waals surface area contributed by atoms with E-state index in [-0.39, 0.29) is 17.3 Å². The molecule has 0 aliphatic heterocycles. The highest BCUT2D eigenvalue weighted by atomic mass is 32.1. The maximum atomic E-state index is 12.3. The SMILES string of the molecule is Cn1cccc(NC(=O)NC2(c3nccs3)CCCC2)c1=O. The number of anilines is 1. The van der Waals surface area contributed by atoms with E-state index < -0.39 is 5.54 Å². The topological polar surface area (TPSA) is 76.0 Å². The summed E-state index contributed by atoms with van der Waals surface area (Å²) in [6.07, 6.45) is 7.29. The average Bonchev–Trinajstić information content (AvgIpc) is 3.15. The molecule has 2 amide bonds. The van der Waals surface area contributed by atoms with Crippen molar-refractivity contribution in [3.8, 4) is 0 Å². The molecule has 1 aliphatic rings. The van der Waals surface area contributed by atoms with Gasteiger partial charge in [0.2, 0.25) is 0 Å². The number of nitrogens with one attached hydrogen (secondary N) is 2. The van der Waals surface area contributed by atoms with E-state index in [1.54, 1.807) is 42.9 Å². The highest BCUT2D eigenvalue weighted by molar-refractivity contribution is 7.09. The molecule has 1 fully saturated rings. The van der Waals surface area contributed by atoms with Crippen molar-refractivity contribution in [1.29, 1.82) is 0 Å². The van der Waals surface area contributed by atoms with Crippen LogP contribution in [0.25, 0.3) is 0 Å². The number of rotatable bonds is 3. The number of aromatic nitrogens is 2. The molecule has 2 heterocycles. The molecule has 0 aromatic carbocycles. The van der Waals surface area contributed by atoms with E-state index in [1.165, 1.54) is 4.57 Å². The first-order valence-electron chi connectivity index (χ1n) is 7.25. The number of thiazole rings is 1. The van der Waals surface area contributed by atoms with Crippen molar-refractivity contribution < 1.29 is 4.79 Å². The third kappa shape index (κ3) is 2.76. The Morgan fingerprint density at radius 1 is 1.41 bits per heavy atom. The Hall–Kier alpha value is -2.15. The summed E-state index contributed by atoms with van der Waals surface area (Å²) in [6, 6.07) is 2.97. The van der Waals surface area contributed by atoms with Gasteiger partial charge in [0.1, 0.15) is 10.7 Å². The number of carbonyl (C=O) groups is 1. The number of nitrogens with zero attached hydrogens (tertiary/aromatic N) is 2. The molecule has 6 nitrogen and oxygen atoms in total. The molecule has 22 heavy (non-hydrogen) atoms. The molecule has 0 radical (unpaired) electrons. The highest BCUT2D eigenvalue weighted by Gasteiger charge is 2.39. The molecule has 116 valence electrons. The summed E-state index contributed by atoms with van der Waals surface area (Å²) in [5.74, 6) is 0. The minimum atomic E-state index is -0.404. The molecule has 0 unspecified atom stereocenters. The van der Waals surface area contributed by atoms with Crippen molar-refractivity contribution in [2.24, 2.45) is 7.05 Å². The van der Waals surface area contributed by atoms with Crippen LogP contribution < -0.4 is 16.2 Å². The summed E-state index contributed by atoms with van der Waals surface area (Å²) in [5, 5.41) is 8.55. The molecule has 7 heteroatoms. The lowest BCUT2D eigenvalue weighted by molar-refractivity contribution is 0.236. The standard InChI is InChI=1S/C15H18N4O2S/c1-19-9-4-5-11(12(19)20)17-14(21)18-15(6-2-3-7-15)13-16-8-10-22-13/h4-5,8-10H,2-3,6-7H2,1H3,(H2,17,18,21). The molecule has 2 aromatic heterocycles. The van der Waals surface area contributed by atoms with Gasteiger partial charge < -0.3 is 15.2 Å². The zero-order valence-corrected chi connectivity index (χ0v) is 13.2. The number of aryl methyl sites for hydroxylation is 1. The van der Waals surface area contributed by atoms with Crippen molar-refractivity contribution in [3.63, 3.8) is 0 Å². The van der Waals surface area contributed by atoms with E-state index in [9.17, 15) is 9.59 Å². The second-order valence-electron chi connectivity index (χ2n) is 5.54. The van der Waals surface area contributed by atoms with E-state index in [0.717, 1.165) is 30.7 Å². The molecule has 0 saturated heterocycles. The zero-order valence-electron chi connectivity index (χ0n) is 12.3. The quantitative estimate of drug-likeness (QED) is 0.912. The van der Waals surface area contributed by atoms with Crippen molar-refractivity contribution in [2.45, 2.75) is 31.2 Å². The molecule has 0 bridgehead atoms. The van der Waals surface area contributed by atoms with Crippen LogP contribution in [0.3, 0.4) is 0 Å². The number of hydrogen-bond acceptors (Lipinski definition) is 4. The highest BCUT2D eigenvalue weighted by Crippen LogP contribution is 2.39. The minimum absolute atomic E-state index is 0.229. The lowest BCUT2D eigenvalue weighted by Crippen LogP contribution is -2.46. The Morgan fingerprint density at radius 2 is 2.18 bits per heavy atom. The minimum Gasteiger partial charge on any atom is -0.326 e. The van der Waals surface area contributed by atoms with Gasteiger partial charge in [0.15, 0.2) is 0 Å². The van der Waals surface area contributed by atoms with Gasteiger partial charge in [-0.2, -0.15) is 0 Å². The third-order valence-electron chi connectivity index (χ3n) is 4.02. The van der Waals surface area contributed by atoms with E-state index in [1.807, 2.05) is 5.38 Å². The Labute approximate surface area is 132 Å². The monoisotopic (exact) mass is 318 g/mol. The van der Waals surface area contributed by atoms with E-state index in [0.29, 0.717) is 0 Å². The van der Waals surface area contributed by atoms with Gasteiger partial charge in [0, 0.05) is 24.8 Å². The van der Waals surface area contributed by atoms with Crippen LogP contribution in [0.15, 0.2) is 34.7 Å². The van der Waals surface area contributed by atoms with Gasteiger partial charge >= 0.3 is 6.03 Å². The van der Waals surface area contributed by atoms with Crippen LogP contribution in [0.5, 0.6) is 0 Å². The van der Waals surface area contributed by atoms with Crippen LogP contribution >= 0.6 is 11.3 Å². The van der Waals surface area contributed by atoms with Gasteiger partial charge in [-0.05, 0) is 25.0 Å². The molecular formula is C15H18N4O2S. The van der Waals surface area contributed by atoms with Crippen molar-refractivity contribution in [1.82, 2.24) is 14.9 Å². The van der Waals surface area contributed by atoms with Crippen molar-refractivity contribution >= 4 is 23.1 Å². The first kappa shape index (κ1) is 14.8. The molecule has 0 spiro atoms. The van der Waals surface area contributed by atoms with Crippen LogP contribution in [-0.4, -0.2) is 15.6 Å². The Balaban J connectivity index is 1.78. The fourth-order valence-electron chi connectivity index (χ4n) is 2.89. The lowest BCUT2D eigenvalue weighted by Gasteiger charge is -2.28. The normalized spacial score (nSPS) is 16.4. The van der Waals surface area contributed by atoms with E-state index >= 15 is 0 Å². The van der Waals surface area contributed by atoms with Crippen LogP contribution in [0.4, 0.5) is 10.5 Å². The second kappa shape index (κ2) is 5.92. The molecule has 1 aliphatic carbocycles. The number of urea groups is 1. The third-order valence-corrected chi connectivity index (χ3v) is 5.00. The van der Waals surface area contributed by atoms with Gasteiger partial charge in [-0.15, -0.1) is 11.3 Å². The summed E-state index contributed by atoms with van der Waals surface area (Å²) in [5.41, 5.74) is -0.361. The zero-order chi connectivity index (χ0) is 15.6. The Bertz CT molecular complexity index is 717. The number of carbonyl (C=O) groups excluding carboxylic acids is 1. The van der Waals surface area contributed by atoms with Gasteiger partial charge in [0.05, 0.1) is 5.54 Å². The summed E-state index contributed by atoms with van der Waals surface area (Å²) in [4.78, 5) is 28.7. The maximum Gasteiger partial charge on any atom is 0.320 e. The second-order valence-corrected chi connectivity index (χ2v) is 6.44. The average molecular weight is 318 g/mol. The van der Waals surface area contributed by atoms with E-state index in [4.69, 9.17) is 0 Å². The summed E-state index contributed by atoms with van der Waals surface area (Å²) in [6.45, 7) is 0. The Morgan fingerprint density at radius 3 is 2.86 bits per heavy atom. The largest absolute Gasteiger partial charge is 0.326 e. The summed E-state index contributed by atoms with van der Waals surface area (Å²) in [7, 11) is 1.65. The smallest absolute Gasteiger partial charge is 0.320 e. The van der Waals surface area contributed by atoms with Gasteiger partial charge in [-0.3, -0.25) is 4.79 Å². The number of amides is 2. The number of hydrogen-bond donors (Lipinski definition) is 2. The van der Waals surface area contributed by atoms with Crippen LogP contribution in [-0.2, 0) is 12.6 Å². The van der Waals surface area contributed by atoms with Gasteiger partial charge in [0.25, 0.3) is 5.56 Å². The molecule has 0 atom stereocenters. The molecule has 2 aromatic rings.